The molecule has 2 aromatic rings. The molecule has 2 amide bonds. The van der Waals surface area contributed by atoms with Gasteiger partial charge in [0, 0.05) is 5.69 Å². The van der Waals surface area contributed by atoms with E-state index in [1.54, 1.807) is 0 Å². The number of hydrazine groups is 1. The fourth-order valence-corrected chi connectivity index (χ4v) is 2.58. The molecule has 6 nitrogen and oxygen atoms in total. The van der Waals surface area contributed by atoms with E-state index in [4.69, 9.17) is 0 Å². The first-order valence-electron chi connectivity index (χ1n) is 7.16. The first-order valence-corrected chi connectivity index (χ1v) is 7.16. The number of carbonyl (C=O) groups is 2. The molecule has 0 fully saturated rings. The summed E-state index contributed by atoms with van der Waals surface area (Å²) < 4.78 is 13.5. The molecule has 1 aliphatic carbocycles. The summed E-state index contributed by atoms with van der Waals surface area (Å²) in [6.45, 7) is 0. The lowest BCUT2D eigenvalue weighted by Crippen LogP contribution is -2.43. The van der Waals surface area contributed by atoms with Gasteiger partial charge in [0.2, 0.25) is 0 Å². The Balaban J connectivity index is 1.72. The summed E-state index contributed by atoms with van der Waals surface area (Å²) in [5.41, 5.74) is 5.22. The fourth-order valence-electron chi connectivity index (χ4n) is 2.58. The topological polar surface area (TPSA) is 91.1 Å². The van der Waals surface area contributed by atoms with Crippen LogP contribution in [0.25, 0.3) is 0 Å². The van der Waals surface area contributed by atoms with Crippen LogP contribution in [0.3, 0.4) is 0 Å². The number of aromatic amines is 1. The number of H-pyrrole nitrogens is 1. The van der Waals surface area contributed by atoms with Crippen molar-refractivity contribution in [1.82, 2.24) is 15.8 Å². The van der Waals surface area contributed by atoms with Gasteiger partial charge in [-0.15, -0.1) is 0 Å². The highest BCUT2D eigenvalue weighted by molar-refractivity contribution is 5.99. The van der Waals surface area contributed by atoms with Gasteiger partial charge < -0.3 is 4.98 Å². The van der Waals surface area contributed by atoms with Crippen LogP contribution < -0.4 is 16.4 Å². The van der Waals surface area contributed by atoms with Crippen molar-refractivity contribution in [2.75, 3.05) is 0 Å². The van der Waals surface area contributed by atoms with Crippen molar-refractivity contribution in [2.45, 2.75) is 19.3 Å². The summed E-state index contributed by atoms with van der Waals surface area (Å²) >= 11 is 0. The van der Waals surface area contributed by atoms with Crippen molar-refractivity contribution in [2.24, 2.45) is 0 Å². The van der Waals surface area contributed by atoms with E-state index in [9.17, 15) is 18.8 Å². The Bertz CT molecular complexity index is 845. The number of halogens is 1. The van der Waals surface area contributed by atoms with E-state index in [0.29, 0.717) is 0 Å². The molecule has 0 saturated heterocycles. The average Bonchev–Trinajstić information content (AvgIpc) is 2.99. The van der Waals surface area contributed by atoms with Crippen LogP contribution >= 0.6 is 0 Å². The number of benzene rings is 1. The average molecular weight is 315 g/mol. The molecule has 0 unspecified atom stereocenters. The molecule has 1 aromatic carbocycles. The van der Waals surface area contributed by atoms with E-state index in [2.05, 4.69) is 15.8 Å². The Morgan fingerprint density at radius 3 is 2.48 bits per heavy atom. The van der Waals surface area contributed by atoms with E-state index in [1.807, 2.05) is 0 Å². The molecule has 0 radical (unpaired) electrons. The van der Waals surface area contributed by atoms with Crippen LogP contribution in [0.15, 0.2) is 35.1 Å². The van der Waals surface area contributed by atoms with Gasteiger partial charge in [-0.3, -0.25) is 25.2 Å². The van der Waals surface area contributed by atoms with Crippen molar-refractivity contribution in [3.05, 3.63) is 68.9 Å². The van der Waals surface area contributed by atoms with Crippen LogP contribution in [0.1, 0.15) is 38.4 Å². The van der Waals surface area contributed by atoms with Gasteiger partial charge >= 0.3 is 0 Å². The van der Waals surface area contributed by atoms with Crippen LogP contribution in [0.4, 0.5) is 4.39 Å². The van der Waals surface area contributed by atoms with Gasteiger partial charge in [0.15, 0.2) is 0 Å². The largest absolute Gasteiger partial charge is 0.325 e. The van der Waals surface area contributed by atoms with E-state index in [-0.39, 0.29) is 11.1 Å². The lowest BCUT2D eigenvalue weighted by Gasteiger charge is -2.08. The zero-order valence-electron chi connectivity index (χ0n) is 12.1. The highest BCUT2D eigenvalue weighted by Gasteiger charge is 2.19. The van der Waals surface area contributed by atoms with Gasteiger partial charge in [0.1, 0.15) is 11.4 Å². The third kappa shape index (κ3) is 2.98. The van der Waals surface area contributed by atoms with Crippen LogP contribution in [0.5, 0.6) is 0 Å². The molecule has 23 heavy (non-hydrogen) atoms. The predicted molar refractivity (Wildman–Crippen MR) is 80.4 cm³/mol. The quantitative estimate of drug-likeness (QED) is 0.724. The Morgan fingerprint density at radius 2 is 1.74 bits per heavy atom. The van der Waals surface area contributed by atoms with Crippen molar-refractivity contribution in [1.29, 1.82) is 0 Å². The van der Waals surface area contributed by atoms with Gasteiger partial charge in [0.05, 0.1) is 5.56 Å². The van der Waals surface area contributed by atoms with E-state index >= 15 is 0 Å². The van der Waals surface area contributed by atoms with Crippen LogP contribution in [0, 0.1) is 5.82 Å². The molecule has 3 N–H and O–H groups in total. The minimum Gasteiger partial charge on any atom is -0.325 e. The fraction of sp³-hybridized carbons (Fsp3) is 0.188. The molecule has 0 saturated carbocycles. The normalized spacial score (nSPS) is 12.6. The van der Waals surface area contributed by atoms with Gasteiger partial charge in [-0.25, -0.2) is 4.39 Å². The maximum Gasteiger partial charge on any atom is 0.275 e. The zero-order valence-corrected chi connectivity index (χ0v) is 12.1. The second kappa shape index (κ2) is 6.04. The number of aromatic nitrogens is 1. The van der Waals surface area contributed by atoms with Crippen molar-refractivity contribution in [3.8, 4) is 0 Å². The molecule has 1 heterocycles. The van der Waals surface area contributed by atoms with Gasteiger partial charge in [-0.2, -0.15) is 0 Å². The van der Waals surface area contributed by atoms with E-state index < -0.39 is 23.2 Å². The van der Waals surface area contributed by atoms with Gasteiger partial charge in [0.25, 0.3) is 17.4 Å². The predicted octanol–water partition coefficient (Wildman–Crippen LogP) is 1.08. The molecule has 0 aliphatic heterocycles. The maximum absolute atomic E-state index is 13.5. The monoisotopic (exact) mass is 315 g/mol. The second-order valence-corrected chi connectivity index (χ2v) is 5.26. The Morgan fingerprint density at radius 1 is 1.04 bits per heavy atom. The van der Waals surface area contributed by atoms with Gasteiger partial charge in [-0.1, -0.05) is 12.1 Å². The number of hydrogen-bond donors (Lipinski definition) is 3. The summed E-state index contributed by atoms with van der Waals surface area (Å²) in [6, 6.07) is 6.92. The SMILES string of the molecule is O=C(NNC(=O)c1cc2c([nH]c1=O)CCC2)c1ccccc1F. The van der Waals surface area contributed by atoms with E-state index in [1.165, 1.54) is 24.3 Å². The van der Waals surface area contributed by atoms with Crippen LogP contribution in [-0.4, -0.2) is 16.8 Å². The van der Waals surface area contributed by atoms with Crippen LogP contribution in [-0.2, 0) is 12.8 Å². The van der Waals surface area contributed by atoms with Crippen molar-refractivity contribution >= 4 is 11.8 Å². The second-order valence-electron chi connectivity index (χ2n) is 5.26. The molecule has 1 aromatic heterocycles. The lowest BCUT2D eigenvalue weighted by atomic mass is 10.1. The first kappa shape index (κ1) is 15.0. The number of rotatable bonds is 2. The maximum atomic E-state index is 13.5. The third-order valence-electron chi connectivity index (χ3n) is 3.74. The molecule has 0 spiro atoms. The third-order valence-corrected chi connectivity index (χ3v) is 3.74. The Hall–Kier alpha value is -2.96. The molecule has 1 aliphatic rings. The van der Waals surface area contributed by atoms with Crippen molar-refractivity contribution < 1.29 is 14.0 Å². The highest BCUT2D eigenvalue weighted by atomic mass is 19.1. The summed E-state index contributed by atoms with van der Waals surface area (Å²) in [6.07, 6.45) is 2.52. The Kier molecular flexibility index (Phi) is 3.92. The molecular formula is C16H14FN3O3. The molecule has 7 heteroatoms. The minimum absolute atomic E-state index is 0.0838. The number of pyridine rings is 1. The molecule has 3 rings (SSSR count). The summed E-state index contributed by atoms with van der Waals surface area (Å²) in [5.74, 6) is -2.24. The minimum atomic E-state index is -0.797. The van der Waals surface area contributed by atoms with Crippen LogP contribution in [0.2, 0.25) is 0 Å². The lowest BCUT2D eigenvalue weighted by molar-refractivity contribution is 0.0843. The molecular weight excluding hydrogens is 301 g/mol. The summed E-state index contributed by atoms with van der Waals surface area (Å²) in [5, 5.41) is 0. The Labute approximate surface area is 130 Å². The van der Waals surface area contributed by atoms with Gasteiger partial charge in [-0.05, 0) is 43.0 Å². The molecule has 0 bridgehead atoms. The van der Waals surface area contributed by atoms with Crippen molar-refractivity contribution in [3.63, 3.8) is 0 Å². The number of carbonyl (C=O) groups excluding carboxylic acids is 2. The summed E-state index contributed by atoms with van der Waals surface area (Å²) in [7, 11) is 0. The van der Waals surface area contributed by atoms with E-state index in [0.717, 1.165) is 36.6 Å². The summed E-state index contributed by atoms with van der Waals surface area (Å²) in [4.78, 5) is 38.4. The number of hydrogen-bond acceptors (Lipinski definition) is 3. The molecule has 118 valence electrons. The molecule has 0 atom stereocenters. The number of aryl methyl sites for hydroxylation is 2. The zero-order chi connectivity index (χ0) is 16.4. The number of fused-ring (bicyclic) bond motifs is 1. The highest BCUT2D eigenvalue weighted by Crippen LogP contribution is 2.18. The first-order chi connectivity index (χ1) is 11.1. The number of amides is 2. The number of nitrogens with one attached hydrogen (secondary N) is 3. The standard InChI is InChI=1S/C16H14FN3O3/c17-12-6-2-1-5-10(12)15(22)19-20-16(23)11-8-9-4-3-7-13(9)18-14(11)21/h1-2,5-6,8H,3-4,7H2,(H,18,21)(H,19,22)(H,20,23). The smallest absolute Gasteiger partial charge is 0.275 e.